The van der Waals surface area contributed by atoms with Gasteiger partial charge in [-0.1, -0.05) is 0 Å². The van der Waals surface area contributed by atoms with E-state index in [1.165, 1.54) is 0 Å². The first kappa shape index (κ1) is 7.53. The van der Waals surface area contributed by atoms with Gasteiger partial charge in [0.15, 0.2) is 0 Å². The van der Waals surface area contributed by atoms with Crippen molar-refractivity contribution in [2.75, 3.05) is 19.8 Å². The molecule has 1 N–H and O–H groups in total. The maximum Gasteiger partial charge on any atom is 0.113 e. The third kappa shape index (κ3) is 1.55. The molecule has 0 bridgehead atoms. The minimum atomic E-state index is 0.257. The summed E-state index contributed by atoms with van der Waals surface area (Å²) in [5.74, 6) is 0.583. The average Bonchev–Trinajstić information content (AvgIpc) is 2.55. The summed E-state index contributed by atoms with van der Waals surface area (Å²) in [5.41, 5.74) is 0. The van der Waals surface area contributed by atoms with Crippen molar-refractivity contribution >= 4 is 0 Å². The third-order valence-electron chi connectivity index (χ3n) is 2.38. The van der Waals surface area contributed by atoms with Crippen LogP contribution in [0.2, 0.25) is 0 Å². The molecule has 2 aliphatic heterocycles. The SMILES string of the molecule is CC1CNC(C2CCOC2)O1. The van der Waals surface area contributed by atoms with Crippen molar-refractivity contribution in [2.45, 2.75) is 25.7 Å². The molecule has 2 saturated heterocycles. The van der Waals surface area contributed by atoms with E-state index in [0.717, 1.165) is 26.2 Å². The Morgan fingerprint density at radius 3 is 2.91 bits per heavy atom. The molecule has 0 aromatic carbocycles. The van der Waals surface area contributed by atoms with Gasteiger partial charge in [0.1, 0.15) is 6.23 Å². The molecule has 0 aliphatic carbocycles. The van der Waals surface area contributed by atoms with E-state index in [2.05, 4.69) is 12.2 Å². The number of rotatable bonds is 1. The molecule has 0 aromatic rings. The highest BCUT2D eigenvalue weighted by Crippen LogP contribution is 2.21. The van der Waals surface area contributed by atoms with Crippen LogP contribution in [0.15, 0.2) is 0 Å². The summed E-state index contributed by atoms with van der Waals surface area (Å²) in [5, 5.41) is 3.35. The second kappa shape index (κ2) is 3.09. The Hall–Kier alpha value is -0.120. The number of nitrogens with one attached hydrogen (secondary N) is 1. The molecule has 64 valence electrons. The predicted octanol–water partition coefficient (Wildman–Crippen LogP) is 0.357. The Morgan fingerprint density at radius 2 is 2.36 bits per heavy atom. The number of hydrogen-bond donors (Lipinski definition) is 1. The third-order valence-corrected chi connectivity index (χ3v) is 2.38. The van der Waals surface area contributed by atoms with E-state index < -0.39 is 0 Å². The van der Waals surface area contributed by atoms with Gasteiger partial charge in [-0.05, 0) is 13.3 Å². The van der Waals surface area contributed by atoms with Gasteiger partial charge < -0.3 is 9.47 Å². The molecular weight excluding hydrogens is 142 g/mol. The van der Waals surface area contributed by atoms with Gasteiger partial charge in [0, 0.05) is 19.1 Å². The van der Waals surface area contributed by atoms with Crippen LogP contribution in [0.4, 0.5) is 0 Å². The zero-order chi connectivity index (χ0) is 7.68. The standard InChI is InChI=1S/C8H15NO2/c1-6-4-9-8(11-6)7-2-3-10-5-7/h6-9H,2-5H2,1H3. The van der Waals surface area contributed by atoms with Crippen molar-refractivity contribution in [1.29, 1.82) is 0 Å². The van der Waals surface area contributed by atoms with Crippen molar-refractivity contribution in [2.24, 2.45) is 5.92 Å². The lowest BCUT2D eigenvalue weighted by Crippen LogP contribution is -2.31. The first-order chi connectivity index (χ1) is 5.36. The van der Waals surface area contributed by atoms with Crippen molar-refractivity contribution in [3.63, 3.8) is 0 Å². The maximum atomic E-state index is 5.65. The summed E-state index contributed by atoms with van der Waals surface area (Å²) in [7, 11) is 0. The first-order valence-corrected chi connectivity index (χ1v) is 4.33. The van der Waals surface area contributed by atoms with Crippen LogP contribution in [0, 0.1) is 5.92 Å². The summed E-state index contributed by atoms with van der Waals surface area (Å²) >= 11 is 0. The summed E-state index contributed by atoms with van der Waals surface area (Å²) in [6.07, 6.45) is 1.78. The minimum Gasteiger partial charge on any atom is -0.381 e. The van der Waals surface area contributed by atoms with Crippen LogP contribution < -0.4 is 5.32 Å². The lowest BCUT2D eigenvalue weighted by atomic mass is 10.1. The lowest BCUT2D eigenvalue weighted by molar-refractivity contribution is 0.00954. The Kier molecular flexibility index (Phi) is 2.11. The van der Waals surface area contributed by atoms with Gasteiger partial charge in [0.25, 0.3) is 0 Å². The molecule has 3 nitrogen and oxygen atoms in total. The molecule has 3 atom stereocenters. The van der Waals surface area contributed by atoms with Crippen LogP contribution in [0.1, 0.15) is 13.3 Å². The molecule has 3 unspecified atom stereocenters. The van der Waals surface area contributed by atoms with Crippen LogP contribution in [0.5, 0.6) is 0 Å². The van der Waals surface area contributed by atoms with Gasteiger partial charge in [-0.3, -0.25) is 5.32 Å². The Morgan fingerprint density at radius 1 is 1.45 bits per heavy atom. The second-order valence-corrected chi connectivity index (χ2v) is 3.40. The van der Waals surface area contributed by atoms with Crippen LogP contribution in [0.25, 0.3) is 0 Å². The van der Waals surface area contributed by atoms with Crippen LogP contribution in [-0.2, 0) is 9.47 Å². The van der Waals surface area contributed by atoms with Crippen LogP contribution in [-0.4, -0.2) is 32.1 Å². The molecule has 0 aromatic heterocycles. The Bertz CT molecular complexity index is 134. The molecule has 2 aliphatic rings. The highest BCUT2D eigenvalue weighted by molar-refractivity contribution is 4.78. The molecule has 0 saturated carbocycles. The predicted molar refractivity (Wildman–Crippen MR) is 41.3 cm³/mol. The van der Waals surface area contributed by atoms with E-state index in [1.54, 1.807) is 0 Å². The van der Waals surface area contributed by atoms with Gasteiger partial charge in [0.05, 0.1) is 12.7 Å². The molecule has 0 spiro atoms. The van der Waals surface area contributed by atoms with Crippen molar-refractivity contribution in [3.05, 3.63) is 0 Å². The molecule has 0 radical (unpaired) electrons. The molecular formula is C8H15NO2. The van der Waals surface area contributed by atoms with E-state index in [0.29, 0.717) is 12.0 Å². The topological polar surface area (TPSA) is 30.5 Å². The van der Waals surface area contributed by atoms with E-state index in [9.17, 15) is 0 Å². The molecule has 11 heavy (non-hydrogen) atoms. The fourth-order valence-electron chi connectivity index (χ4n) is 1.70. The van der Waals surface area contributed by atoms with Crippen molar-refractivity contribution < 1.29 is 9.47 Å². The second-order valence-electron chi connectivity index (χ2n) is 3.40. The minimum absolute atomic E-state index is 0.257. The van der Waals surface area contributed by atoms with Gasteiger partial charge in [-0.2, -0.15) is 0 Å². The quantitative estimate of drug-likeness (QED) is 0.596. The molecule has 2 heterocycles. The summed E-state index contributed by atoms with van der Waals surface area (Å²) in [6.45, 7) is 4.86. The monoisotopic (exact) mass is 157 g/mol. The Balaban J connectivity index is 1.85. The van der Waals surface area contributed by atoms with Gasteiger partial charge in [0.2, 0.25) is 0 Å². The zero-order valence-corrected chi connectivity index (χ0v) is 6.88. The largest absolute Gasteiger partial charge is 0.381 e. The number of hydrogen-bond acceptors (Lipinski definition) is 3. The summed E-state index contributed by atoms with van der Waals surface area (Å²) in [6, 6.07) is 0. The maximum absolute atomic E-state index is 5.65. The first-order valence-electron chi connectivity index (χ1n) is 4.33. The molecule has 3 heteroatoms. The molecule has 2 fully saturated rings. The van der Waals surface area contributed by atoms with Crippen molar-refractivity contribution in [1.82, 2.24) is 5.32 Å². The average molecular weight is 157 g/mol. The van der Waals surface area contributed by atoms with E-state index in [1.807, 2.05) is 0 Å². The smallest absolute Gasteiger partial charge is 0.113 e. The highest BCUT2D eigenvalue weighted by Gasteiger charge is 2.31. The highest BCUT2D eigenvalue weighted by atomic mass is 16.5. The molecule has 0 amide bonds. The van der Waals surface area contributed by atoms with E-state index in [-0.39, 0.29) is 6.23 Å². The Labute approximate surface area is 67.1 Å². The van der Waals surface area contributed by atoms with Gasteiger partial charge >= 0.3 is 0 Å². The van der Waals surface area contributed by atoms with Crippen molar-refractivity contribution in [3.8, 4) is 0 Å². The van der Waals surface area contributed by atoms with E-state index >= 15 is 0 Å². The van der Waals surface area contributed by atoms with Crippen LogP contribution in [0.3, 0.4) is 0 Å². The number of ether oxygens (including phenoxy) is 2. The fraction of sp³-hybridized carbons (Fsp3) is 1.00. The van der Waals surface area contributed by atoms with Gasteiger partial charge in [-0.15, -0.1) is 0 Å². The summed E-state index contributed by atoms with van der Waals surface area (Å²) < 4.78 is 10.9. The van der Waals surface area contributed by atoms with Gasteiger partial charge in [-0.25, -0.2) is 0 Å². The fourth-order valence-corrected chi connectivity index (χ4v) is 1.70. The normalized spacial score (nSPS) is 45.0. The molecule has 2 rings (SSSR count). The lowest BCUT2D eigenvalue weighted by Gasteiger charge is -2.16. The van der Waals surface area contributed by atoms with E-state index in [4.69, 9.17) is 9.47 Å². The zero-order valence-electron chi connectivity index (χ0n) is 6.88. The summed E-state index contributed by atoms with van der Waals surface area (Å²) in [4.78, 5) is 0. The van der Waals surface area contributed by atoms with Crippen LogP contribution >= 0.6 is 0 Å².